The minimum atomic E-state index is 0.178. The largest absolute Gasteiger partial charge is 0.316 e. The van der Waals surface area contributed by atoms with Crippen molar-refractivity contribution in [2.45, 2.75) is 44.3 Å². The molecule has 2 aromatic rings. The molecule has 2 nitrogen and oxygen atoms in total. The molecule has 1 aliphatic heterocycles. The SMILES string of the molecule is CC=CCC1(Cc2ccccc2)C[C@@H](NC)CN1Cc1ccccc1. The fraction of sp³-hybridized carbons (Fsp3) is 0.391. The minimum absolute atomic E-state index is 0.178. The van der Waals surface area contributed by atoms with Gasteiger partial charge in [-0.2, -0.15) is 0 Å². The molecule has 1 fully saturated rings. The number of likely N-dealkylation sites (N-methyl/N-ethyl adjacent to an activating group) is 1. The summed E-state index contributed by atoms with van der Waals surface area (Å²) in [6.07, 6.45) is 7.93. The predicted molar refractivity (Wildman–Crippen MR) is 107 cm³/mol. The van der Waals surface area contributed by atoms with E-state index < -0.39 is 0 Å². The Bertz CT molecular complexity index is 665. The van der Waals surface area contributed by atoms with Crippen LogP contribution in [0, 0.1) is 0 Å². The standard InChI is InChI=1S/C23H30N2/c1-3-4-15-23(16-20-11-7-5-8-12-20)17-22(24-2)19-25(23)18-21-13-9-6-10-14-21/h3-14,22,24H,15-19H2,1-2H3/t22-,23?/m1/s1. The molecule has 2 atom stereocenters. The van der Waals surface area contributed by atoms with Gasteiger partial charge in [0.25, 0.3) is 0 Å². The van der Waals surface area contributed by atoms with Crippen LogP contribution in [0.5, 0.6) is 0 Å². The molecule has 0 aromatic heterocycles. The Morgan fingerprint density at radius 1 is 1.04 bits per heavy atom. The minimum Gasteiger partial charge on any atom is -0.316 e. The molecule has 0 spiro atoms. The quantitative estimate of drug-likeness (QED) is 0.754. The number of hydrogen-bond acceptors (Lipinski definition) is 2. The summed E-state index contributed by atoms with van der Waals surface area (Å²) in [5.74, 6) is 0. The summed E-state index contributed by atoms with van der Waals surface area (Å²) in [5, 5.41) is 3.53. The van der Waals surface area contributed by atoms with Crippen molar-refractivity contribution in [3.63, 3.8) is 0 Å². The van der Waals surface area contributed by atoms with Gasteiger partial charge in [0.2, 0.25) is 0 Å². The number of nitrogens with zero attached hydrogens (tertiary/aromatic N) is 1. The highest BCUT2D eigenvalue weighted by Gasteiger charge is 2.44. The van der Waals surface area contributed by atoms with E-state index in [2.05, 4.69) is 97.0 Å². The van der Waals surface area contributed by atoms with E-state index in [1.807, 2.05) is 0 Å². The van der Waals surface area contributed by atoms with Gasteiger partial charge in [0.05, 0.1) is 0 Å². The number of nitrogens with one attached hydrogen (secondary N) is 1. The highest BCUT2D eigenvalue weighted by Crippen LogP contribution is 2.37. The third-order valence-corrected chi connectivity index (χ3v) is 5.47. The van der Waals surface area contributed by atoms with E-state index in [9.17, 15) is 0 Å². The molecule has 132 valence electrons. The van der Waals surface area contributed by atoms with Crippen LogP contribution in [-0.4, -0.2) is 30.1 Å². The number of benzene rings is 2. The lowest BCUT2D eigenvalue weighted by molar-refractivity contribution is 0.130. The molecule has 1 heterocycles. The maximum atomic E-state index is 3.53. The summed E-state index contributed by atoms with van der Waals surface area (Å²) in [6.45, 7) is 4.25. The molecule has 1 N–H and O–H groups in total. The zero-order chi connectivity index (χ0) is 17.5. The normalized spacial score (nSPS) is 24.2. The van der Waals surface area contributed by atoms with Crippen molar-refractivity contribution in [2.75, 3.05) is 13.6 Å². The first kappa shape index (κ1) is 17.9. The van der Waals surface area contributed by atoms with E-state index in [1.165, 1.54) is 17.5 Å². The van der Waals surface area contributed by atoms with Crippen LogP contribution in [0.2, 0.25) is 0 Å². The summed E-state index contributed by atoms with van der Waals surface area (Å²) >= 11 is 0. The molecule has 0 bridgehead atoms. The van der Waals surface area contributed by atoms with E-state index in [0.29, 0.717) is 6.04 Å². The van der Waals surface area contributed by atoms with Crippen LogP contribution in [0.3, 0.4) is 0 Å². The van der Waals surface area contributed by atoms with E-state index in [-0.39, 0.29) is 5.54 Å². The van der Waals surface area contributed by atoms with Crippen LogP contribution in [0.15, 0.2) is 72.8 Å². The molecule has 0 aliphatic carbocycles. The molecule has 2 heteroatoms. The van der Waals surface area contributed by atoms with Crippen LogP contribution in [0.1, 0.15) is 30.9 Å². The van der Waals surface area contributed by atoms with Crippen molar-refractivity contribution in [3.05, 3.63) is 83.9 Å². The molecule has 0 saturated carbocycles. The maximum Gasteiger partial charge on any atom is 0.0303 e. The second-order valence-corrected chi connectivity index (χ2v) is 7.22. The first-order valence-electron chi connectivity index (χ1n) is 9.37. The third kappa shape index (κ3) is 4.39. The number of rotatable bonds is 7. The summed E-state index contributed by atoms with van der Waals surface area (Å²) in [6, 6.07) is 22.4. The summed E-state index contributed by atoms with van der Waals surface area (Å²) in [5.41, 5.74) is 3.01. The first-order valence-corrected chi connectivity index (χ1v) is 9.37. The smallest absolute Gasteiger partial charge is 0.0303 e. The molecular formula is C23H30N2. The maximum absolute atomic E-state index is 3.53. The fourth-order valence-electron chi connectivity index (χ4n) is 4.12. The van der Waals surface area contributed by atoms with Crippen molar-refractivity contribution in [1.82, 2.24) is 10.2 Å². The Kier molecular flexibility index (Phi) is 6.06. The monoisotopic (exact) mass is 334 g/mol. The van der Waals surface area contributed by atoms with E-state index >= 15 is 0 Å². The van der Waals surface area contributed by atoms with Crippen LogP contribution in [0.25, 0.3) is 0 Å². The van der Waals surface area contributed by atoms with Crippen molar-refractivity contribution >= 4 is 0 Å². The molecule has 1 saturated heterocycles. The Hall–Kier alpha value is -1.90. The van der Waals surface area contributed by atoms with Crippen molar-refractivity contribution in [1.29, 1.82) is 0 Å². The lowest BCUT2D eigenvalue weighted by Gasteiger charge is -2.38. The summed E-state index contributed by atoms with van der Waals surface area (Å²) in [7, 11) is 2.10. The van der Waals surface area contributed by atoms with Gasteiger partial charge >= 0.3 is 0 Å². The number of allylic oxidation sites excluding steroid dienone is 1. The van der Waals surface area contributed by atoms with E-state index in [1.54, 1.807) is 0 Å². The van der Waals surface area contributed by atoms with Crippen LogP contribution in [0.4, 0.5) is 0 Å². The van der Waals surface area contributed by atoms with Gasteiger partial charge in [0.15, 0.2) is 0 Å². The average Bonchev–Trinajstić information content (AvgIpc) is 2.99. The average molecular weight is 335 g/mol. The summed E-state index contributed by atoms with van der Waals surface area (Å²) in [4.78, 5) is 2.70. The van der Waals surface area contributed by atoms with Gasteiger partial charge in [-0.1, -0.05) is 72.8 Å². The van der Waals surface area contributed by atoms with Crippen LogP contribution in [-0.2, 0) is 13.0 Å². The highest BCUT2D eigenvalue weighted by molar-refractivity contribution is 5.22. The lowest BCUT2D eigenvalue weighted by Crippen LogP contribution is -2.45. The zero-order valence-electron chi connectivity index (χ0n) is 15.5. The van der Waals surface area contributed by atoms with Crippen LogP contribution < -0.4 is 5.32 Å². The van der Waals surface area contributed by atoms with Gasteiger partial charge in [-0.25, -0.2) is 0 Å². The Labute approximate surface area is 152 Å². The lowest BCUT2D eigenvalue weighted by atomic mass is 9.83. The molecular weight excluding hydrogens is 304 g/mol. The van der Waals surface area contributed by atoms with Gasteiger partial charge in [0.1, 0.15) is 0 Å². The molecule has 0 amide bonds. The molecule has 1 unspecified atom stereocenters. The Morgan fingerprint density at radius 3 is 2.28 bits per heavy atom. The van der Waals surface area contributed by atoms with Gasteiger partial charge in [-0.05, 0) is 44.4 Å². The van der Waals surface area contributed by atoms with E-state index in [4.69, 9.17) is 0 Å². The predicted octanol–water partition coefficient (Wildman–Crippen LogP) is 4.43. The summed E-state index contributed by atoms with van der Waals surface area (Å²) < 4.78 is 0. The fourth-order valence-corrected chi connectivity index (χ4v) is 4.12. The topological polar surface area (TPSA) is 15.3 Å². The number of hydrogen-bond donors (Lipinski definition) is 1. The second kappa shape index (κ2) is 8.46. The van der Waals surface area contributed by atoms with E-state index in [0.717, 1.165) is 25.9 Å². The van der Waals surface area contributed by atoms with Crippen molar-refractivity contribution < 1.29 is 0 Å². The Balaban J connectivity index is 1.90. The first-order chi connectivity index (χ1) is 12.3. The molecule has 25 heavy (non-hydrogen) atoms. The molecule has 0 radical (unpaired) electrons. The van der Waals surface area contributed by atoms with Crippen LogP contribution >= 0.6 is 0 Å². The second-order valence-electron chi connectivity index (χ2n) is 7.22. The third-order valence-electron chi connectivity index (χ3n) is 5.47. The van der Waals surface area contributed by atoms with Gasteiger partial charge in [-0.15, -0.1) is 0 Å². The Morgan fingerprint density at radius 2 is 1.68 bits per heavy atom. The highest BCUT2D eigenvalue weighted by atomic mass is 15.3. The number of likely N-dealkylation sites (tertiary alicyclic amines) is 1. The molecule has 1 aliphatic rings. The van der Waals surface area contributed by atoms with Gasteiger partial charge in [0, 0.05) is 24.7 Å². The van der Waals surface area contributed by atoms with Crippen molar-refractivity contribution in [2.24, 2.45) is 0 Å². The molecule has 3 rings (SSSR count). The van der Waals surface area contributed by atoms with Gasteiger partial charge in [-0.3, -0.25) is 4.90 Å². The zero-order valence-corrected chi connectivity index (χ0v) is 15.5. The molecule has 2 aromatic carbocycles. The van der Waals surface area contributed by atoms with Crippen molar-refractivity contribution in [3.8, 4) is 0 Å². The van der Waals surface area contributed by atoms with Gasteiger partial charge < -0.3 is 5.32 Å².